The first-order valence-electron chi connectivity index (χ1n) is 9.61. The van der Waals surface area contributed by atoms with E-state index in [9.17, 15) is 17.6 Å². The highest BCUT2D eigenvalue weighted by Gasteiger charge is 2.33. The lowest BCUT2D eigenvalue weighted by Crippen LogP contribution is -2.43. The molecule has 1 aliphatic rings. The van der Waals surface area contributed by atoms with Crippen LogP contribution >= 0.6 is 0 Å². The third kappa shape index (κ3) is 4.94. The Bertz CT molecular complexity index is 977. The number of sulfonamides is 1. The van der Waals surface area contributed by atoms with Crippen molar-refractivity contribution in [2.24, 2.45) is 5.92 Å². The van der Waals surface area contributed by atoms with Gasteiger partial charge >= 0.3 is 0 Å². The van der Waals surface area contributed by atoms with E-state index in [1.54, 1.807) is 19.1 Å². The number of aryl methyl sites for hydroxylation is 1. The van der Waals surface area contributed by atoms with Crippen LogP contribution in [0.15, 0.2) is 47.4 Å². The number of halogens is 1. The Labute approximate surface area is 170 Å². The lowest BCUT2D eigenvalue weighted by atomic mass is 9.99. The summed E-state index contributed by atoms with van der Waals surface area (Å²) in [7, 11) is -3.71. The number of carbonyl (C=O) groups excluding carboxylic acids is 1. The van der Waals surface area contributed by atoms with E-state index in [4.69, 9.17) is 4.74 Å². The number of nitrogens with one attached hydrogen (secondary N) is 1. The van der Waals surface area contributed by atoms with Gasteiger partial charge in [-0.05, 0) is 74.7 Å². The summed E-state index contributed by atoms with van der Waals surface area (Å²) in [5.41, 5.74) is 1.23. The van der Waals surface area contributed by atoms with E-state index in [0.29, 0.717) is 37.4 Å². The number of hydrogen-bond donors (Lipinski definition) is 1. The van der Waals surface area contributed by atoms with Crippen molar-refractivity contribution >= 4 is 21.6 Å². The maximum Gasteiger partial charge on any atom is 0.243 e. The van der Waals surface area contributed by atoms with Crippen LogP contribution in [-0.2, 0) is 14.8 Å². The normalized spacial score (nSPS) is 17.7. The second kappa shape index (κ2) is 8.92. The molecule has 3 rings (SSSR count). The number of amides is 1. The summed E-state index contributed by atoms with van der Waals surface area (Å²) in [6.07, 6.45) is 1.19. The van der Waals surface area contributed by atoms with E-state index in [0.717, 1.165) is 5.56 Å². The molecule has 1 amide bonds. The third-order valence-corrected chi connectivity index (χ3v) is 6.81. The minimum Gasteiger partial charge on any atom is -0.494 e. The minimum absolute atomic E-state index is 0.113. The molecule has 8 heteroatoms. The first-order chi connectivity index (χ1) is 13.8. The smallest absolute Gasteiger partial charge is 0.243 e. The van der Waals surface area contributed by atoms with Crippen LogP contribution in [0.25, 0.3) is 0 Å². The number of benzene rings is 2. The van der Waals surface area contributed by atoms with Crippen LogP contribution in [0.4, 0.5) is 10.1 Å². The summed E-state index contributed by atoms with van der Waals surface area (Å²) in [4.78, 5) is 12.8. The van der Waals surface area contributed by atoms with Gasteiger partial charge in [0, 0.05) is 18.8 Å². The van der Waals surface area contributed by atoms with Gasteiger partial charge in [-0.3, -0.25) is 4.79 Å². The average Bonchev–Trinajstić information content (AvgIpc) is 2.71. The fourth-order valence-corrected chi connectivity index (χ4v) is 5.01. The Morgan fingerprint density at radius 2 is 1.97 bits per heavy atom. The molecule has 1 atom stereocenters. The van der Waals surface area contributed by atoms with Crippen molar-refractivity contribution < 1.29 is 22.3 Å². The summed E-state index contributed by atoms with van der Waals surface area (Å²) < 4.78 is 46.0. The van der Waals surface area contributed by atoms with Crippen LogP contribution < -0.4 is 10.1 Å². The Hall–Kier alpha value is -2.45. The largest absolute Gasteiger partial charge is 0.494 e. The summed E-state index contributed by atoms with van der Waals surface area (Å²) >= 11 is 0. The van der Waals surface area contributed by atoms with Gasteiger partial charge < -0.3 is 10.1 Å². The first kappa shape index (κ1) is 21.3. The van der Waals surface area contributed by atoms with Crippen molar-refractivity contribution in [2.75, 3.05) is 25.0 Å². The molecule has 0 aromatic heterocycles. The molecule has 2 aromatic carbocycles. The zero-order chi connectivity index (χ0) is 21.0. The molecule has 1 saturated heterocycles. The molecule has 0 unspecified atom stereocenters. The van der Waals surface area contributed by atoms with Gasteiger partial charge in [-0.1, -0.05) is 0 Å². The lowest BCUT2D eigenvalue weighted by Gasteiger charge is -2.31. The molecule has 1 fully saturated rings. The molecule has 0 saturated carbocycles. The zero-order valence-corrected chi connectivity index (χ0v) is 17.3. The molecular formula is C21H25FN2O4S. The van der Waals surface area contributed by atoms with Crippen LogP contribution in [0, 0.1) is 18.7 Å². The maximum absolute atomic E-state index is 13.1. The number of carbonyl (C=O) groups is 1. The van der Waals surface area contributed by atoms with Gasteiger partial charge in [-0.25, -0.2) is 12.8 Å². The Morgan fingerprint density at radius 3 is 2.62 bits per heavy atom. The Kier molecular flexibility index (Phi) is 6.54. The van der Waals surface area contributed by atoms with Crippen molar-refractivity contribution in [3.8, 4) is 5.75 Å². The molecule has 1 N–H and O–H groups in total. The number of ether oxygens (including phenoxy) is 1. The van der Waals surface area contributed by atoms with Gasteiger partial charge in [-0.15, -0.1) is 0 Å². The third-order valence-electron chi connectivity index (χ3n) is 4.95. The predicted octanol–water partition coefficient (Wildman–Crippen LogP) is 3.57. The van der Waals surface area contributed by atoms with E-state index in [1.165, 1.54) is 34.6 Å². The minimum atomic E-state index is -3.71. The summed E-state index contributed by atoms with van der Waals surface area (Å²) in [6.45, 7) is 4.66. The standard InChI is InChI=1S/C21H25FN2O4S/c1-3-28-20-11-10-19(13-15(20)2)29(26,27)24-12-4-5-16(14-24)21(25)23-18-8-6-17(22)7-9-18/h6-11,13,16H,3-5,12,14H2,1-2H3,(H,23,25)/t16-/m0/s1. The van der Waals surface area contributed by atoms with Gasteiger partial charge in [0.2, 0.25) is 15.9 Å². The maximum atomic E-state index is 13.1. The molecule has 29 heavy (non-hydrogen) atoms. The van der Waals surface area contributed by atoms with Gasteiger partial charge in [0.15, 0.2) is 0 Å². The fraction of sp³-hybridized carbons (Fsp3) is 0.381. The van der Waals surface area contributed by atoms with Gasteiger partial charge in [0.25, 0.3) is 0 Å². The van der Waals surface area contributed by atoms with Gasteiger partial charge in [-0.2, -0.15) is 4.31 Å². The second-order valence-corrected chi connectivity index (χ2v) is 9.00. The quantitative estimate of drug-likeness (QED) is 0.775. The number of anilines is 1. The number of hydrogen-bond acceptors (Lipinski definition) is 4. The lowest BCUT2D eigenvalue weighted by molar-refractivity contribution is -0.120. The van der Waals surface area contributed by atoms with Crippen LogP contribution in [0.2, 0.25) is 0 Å². The molecule has 156 valence electrons. The van der Waals surface area contributed by atoms with Crippen molar-refractivity contribution in [1.29, 1.82) is 0 Å². The number of piperidine rings is 1. The van der Waals surface area contributed by atoms with Crippen LogP contribution in [0.1, 0.15) is 25.3 Å². The van der Waals surface area contributed by atoms with Crippen molar-refractivity contribution in [3.63, 3.8) is 0 Å². The highest BCUT2D eigenvalue weighted by Crippen LogP contribution is 2.28. The van der Waals surface area contributed by atoms with Gasteiger partial charge in [0.1, 0.15) is 11.6 Å². The monoisotopic (exact) mass is 420 g/mol. The van der Waals surface area contributed by atoms with Crippen molar-refractivity contribution in [1.82, 2.24) is 4.31 Å². The molecule has 0 radical (unpaired) electrons. The topological polar surface area (TPSA) is 75.7 Å². The van der Waals surface area contributed by atoms with E-state index in [2.05, 4.69) is 5.32 Å². The Balaban J connectivity index is 1.72. The van der Waals surface area contributed by atoms with E-state index >= 15 is 0 Å². The molecule has 1 heterocycles. The van der Waals surface area contributed by atoms with Crippen LogP contribution in [-0.4, -0.2) is 38.3 Å². The van der Waals surface area contributed by atoms with Crippen LogP contribution in [0.5, 0.6) is 5.75 Å². The summed E-state index contributed by atoms with van der Waals surface area (Å²) in [6, 6.07) is 10.3. The molecular weight excluding hydrogens is 395 g/mol. The molecule has 1 aliphatic heterocycles. The van der Waals surface area contributed by atoms with Gasteiger partial charge in [0.05, 0.1) is 17.4 Å². The molecule has 2 aromatic rings. The highest BCUT2D eigenvalue weighted by atomic mass is 32.2. The average molecular weight is 421 g/mol. The highest BCUT2D eigenvalue weighted by molar-refractivity contribution is 7.89. The fourth-order valence-electron chi connectivity index (χ4n) is 3.40. The second-order valence-electron chi connectivity index (χ2n) is 7.06. The van der Waals surface area contributed by atoms with E-state index in [-0.39, 0.29) is 23.2 Å². The molecule has 0 bridgehead atoms. The predicted molar refractivity (Wildman–Crippen MR) is 109 cm³/mol. The molecule has 0 spiro atoms. The van der Waals surface area contributed by atoms with Crippen LogP contribution in [0.3, 0.4) is 0 Å². The summed E-state index contributed by atoms with van der Waals surface area (Å²) in [5.74, 6) is -0.461. The van der Waals surface area contributed by atoms with E-state index in [1.807, 2.05) is 6.92 Å². The van der Waals surface area contributed by atoms with Crippen molar-refractivity contribution in [3.05, 3.63) is 53.8 Å². The number of nitrogens with zero attached hydrogens (tertiary/aromatic N) is 1. The zero-order valence-electron chi connectivity index (χ0n) is 16.5. The molecule has 0 aliphatic carbocycles. The Morgan fingerprint density at radius 1 is 1.24 bits per heavy atom. The van der Waals surface area contributed by atoms with Crippen molar-refractivity contribution in [2.45, 2.75) is 31.6 Å². The first-order valence-corrected chi connectivity index (χ1v) is 11.1. The SMILES string of the molecule is CCOc1ccc(S(=O)(=O)N2CCC[C@H](C(=O)Nc3ccc(F)cc3)C2)cc1C. The van der Waals surface area contributed by atoms with E-state index < -0.39 is 15.9 Å². The molecule has 6 nitrogen and oxygen atoms in total. The number of rotatable bonds is 6. The summed E-state index contributed by atoms with van der Waals surface area (Å²) in [5, 5.41) is 2.74.